The summed E-state index contributed by atoms with van der Waals surface area (Å²) in [5.41, 5.74) is 0. The van der Waals surface area contributed by atoms with Crippen molar-refractivity contribution in [1.82, 2.24) is 14.5 Å². The molecule has 1 aliphatic rings. The second kappa shape index (κ2) is 8.44. The monoisotopic (exact) mass is 391 g/mol. The van der Waals surface area contributed by atoms with Gasteiger partial charge in [0.25, 0.3) is 0 Å². The summed E-state index contributed by atoms with van der Waals surface area (Å²) in [6.07, 6.45) is 0.859. The Hall–Kier alpha value is -1.22. The highest BCUT2D eigenvalue weighted by Gasteiger charge is 2.29. The van der Waals surface area contributed by atoms with Gasteiger partial charge in [0.2, 0.25) is 15.9 Å². The van der Waals surface area contributed by atoms with E-state index in [9.17, 15) is 17.6 Å². The maximum absolute atomic E-state index is 13.2. The molecular weight excluding hydrogens is 369 g/mol. The normalized spacial score (nSPS) is 18.1. The summed E-state index contributed by atoms with van der Waals surface area (Å²) in [6, 6.07) is 3.50. The zero-order valence-corrected chi connectivity index (χ0v) is 15.9. The van der Waals surface area contributed by atoms with Crippen LogP contribution in [-0.2, 0) is 14.8 Å². The second-order valence-corrected chi connectivity index (χ2v) is 8.48. The van der Waals surface area contributed by atoms with Crippen LogP contribution in [0.5, 0.6) is 0 Å². The standard InChI is InChI=1S/C16H23ClFN3O3S/c1-3-12(2)19-16(22)11-20-6-8-21(9-7-20)25(23,24)13-4-5-15(18)14(17)10-13/h4-5,10,12H,3,6-9,11H2,1-2H3,(H,19,22). The third-order valence-corrected chi connectivity index (χ3v) is 6.43. The molecule has 0 spiro atoms. The highest BCUT2D eigenvalue weighted by atomic mass is 35.5. The van der Waals surface area contributed by atoms with Crippen molar-refractivity contribution in [3.05, 3.63) is 29.0 Å². The topological polar surface area (TPSA) is 69.7 Å². The summed E-state index contributed by atoms with van der Waals surface area (Å²) < 4.78 is 39.8. The Morgan fingerprint density at radius 2 is 1.96 bits per heavy atom. The van der Waals surface area contributed by atoms with Gasteiger partial charge in [0, 0.05) is 32.2 Å². The lowest BCUT2D eigenvalue weighted by Crippen LogP contribution is -2.51. The van der Waals surface area contributed by atoms with Gasteiger partial charge in [0.1, 0.15) is 5.82 Å². The molecular formula is C16H23ClFN3O3S. The first-order valence-electron chi connectivity index (χ1n) is 8.21. The minimum absolute atomic E-state index is 0.0261. The highest BCUT2D eigenvalue weighted by molar-refractivity contribution is 7.89. The molecule has 1 aromatic carbocycles. The number of rotatable bonds is 6. The summed E-state index contributed by atoms with van der Waals surface area (Å²) in [5, 5.41) is 2.67. The molecule has 1 N–H and O–H groups in total. The number of halogens is 2. The average Bonchev–Trinajstić information content (AvgIpc) is 2.57. The van der Waals surface area contributed by atoms with Gasteiger partial charge in [-0.3, -0.25) is 9.69 Å². The van der Waals surface area contributed by atoms with Crippen molar-refractivity contribution in [2.45, 2.75) is 31.2 Å². The van der Waals surface area contributed by atoms with E-state index in [2.05, 4.69) is 5.32 Å². The lowest BCUT2D eigenvalue weighted by molar-refractivity contribution is -0.123. The summed E-state index contributed by atoms with van der Waals surface area (Å²) >= 11 is 5.68. The van der Waals surface area contributed by atoms with Gasteiger partial charge >= 0.3 is 0 Å². The van der Waals surface area contributed by atoms with Gasteiger partial charge < -0.3 is 5.32 Å². The first kappa shape index (κ1) is 20.1. The van der Waals surface area contributed by atoms with Gasteiger partial charge in [0.05, 0.1) is 16.5 Å². The Balaban J connectivity index is 1.94. The van der Waals surface area contributed by atoms with E-state index in [4.69, 9.17) is 11.6 Å². The van der Waals surface area contributed by atoms with Crippen molar-refractivity contribution in [2.75, 3.05) is 32.7 Å². The molecule has 1 heterocycles. The summed E-state index contributed by atoms with van der Waals surface area (Å²) in [5.74, 6) is -0.714. The Kier molecular flexibility index (Phi) is 6.79. The van der Waals surface area contributed by atoms with Crippen LogP contribution in [0, 0.1) is 5.82 Å². The van der Waals surface area contributed by atoms with Crippen molar-refractivity contribution in [3.63, 3.8) is 0 Å². The fourth-order valence-corrected chi connectivity index (χ4v) is 4.23. The molecule has 2 rings (SSSR count). The fourth-order valence-electron chi connectivity index (χ4n) is 2.54. The van der Waals surface area contributed by atoms with Crippen LogP contribution in [0.2, 0.25) is 5.02 Å². The van der Waals surface area contributed by atoms with Crippen molar-refractivity contribution < 1.29 is 17.6 Å². The number of nitrogens with zero attached hydrogens (tertiary/aromatic N) is 2. The van der Waals surface area contributed by atoms with Crippen LogP contribution in [0.15, 0.2) is 23.1 Å². The molecule has 1 saturated heterocycles. The van der Waals surface area contributed by atoms with E-state index < -0.39 is 15.8 Å². The van der Waals surface area contributed by atoms with Crippen molar-refractivity contribution >= 4 is 27.5 Å². The molecule has 1 unspecified atom stereocenters. The lowest BCUT2D eigenvalue weighted by atomic mass is 10.2. The number of piperazine rings is 1. The molecule has 1 amide bonds. The predicted octanol–water partition coefficient (Wildman–Crippen LogP) is 1.70. The van der Waals surface area contributed by atoms with Gasteiger partial charge in [-0.25, -0.2) is 12.8 Å². The highest BCUT2D eigenvalue weighted by Crippen LogP contribution is 2.23. The van der Waals surface area contributed by atoms with Crippen LogP contribution >= 0.6 is 11.6 Å². The Morgan fingerprint density at radius 1 is 1.32 bits per heavy atom. The quantitative estimate of drug-likeness (QED) is 0.801. The fraction of sp³-hybridized carbons (Fsp3) is 0.562. The molecule has 0 bridgehead atoms. The number of carbonyl (C=O) groups excluding carboxylic acids is 1. The molecule has 1 aromatic rings. The van der Waals surface area contributed by atoms with E-state index in [1.54, 1.807) is 0 Å². The van der Waals surface area contributed by atoms with Crippen LogP contribution in [0.1, 0.15) is 20.3 Å². The average molecular weight is 392 g/mol. The van der Waals surface area contributed by atoms with Crippen molar-refractivity contribution in [1.29, 1.82) is 0 Å². The second-order valence-electron chi connectivity index (χ2n) is 6.13. The molecule has 0 aromatic heterocycles. The Labute approximate surface area is 153 Å². The van der Waals surface area contributed by atoms with Crippen LogP contribution in [-0.4, -0.2) is 62.3 Å². The van der Waals surface area contributed by atoms with E-state index in [1.807, 2.05) is 18.7 Å². The van der Waals surface area contributed by atoms with E-state index in [0.717, 1.165) is 18.6 Å². The predicted molar refractivity (Wildman–Crippen MR) is 94.5 cm³/mol. The third-order valence-electron chi connectivity index (χ3n) is 4.25. The molecule has 1 fully saturated rings. The van der Waals surface area contributed by atoms with Gasteiger partial charge in [-0.15, -0.1) is 0 Å². The number of hydrogen-bond acceptors (Lipinski definition) is 4. The van der Waals surface area contributed by atoms with Crippen molar-refractivity contribution in [3.8, 4) is 0 Å². The Bertz CT molecular complexity index is 721. The van der Waals surface area contributed by atoms with Gasteiger partial charge in [0.15, 0.2) is 0 Å². The number of sulfonamides is 1. The Morgan fingerprint density at radius 3 is 2.52 bits per heavy atom. The molecule has 0 radical (unpaired) electrons. The molecule has 140 valence electrons. The van der Waals surface area contributed by atoms with E-state index >= 15 is 0 Å². The summed E-state index contributed by atoms with van der Waals surface area (Å²) in [7, 11) is -3.72. The first-order valence-corrected chi connectivity index (χ1v) is 10.0. The molecule has 1 aliphatic heterocycles. The van der Waals surface area contributed by atoms with Gasteiger partial charge in [-0.1, -0.05) is 18.5 Å². The minimum atomic E-state index is -3.72. The van der Waals surface area contributed by atoms with Crippen LogP contribution < -0.4 is 5.32 Å². The minimum Gasteiger partial charge on any atom is -0.353 e. The largest absolute Gasteiger partial charge is 0.353 e. The zero-order chi connectivity index (χ0) is 18.6. The maximum Gasteiger partial charge on any atom is 0.243 e. The van der Waals surface area contributed by atoms with E-state index in [1.165, 1.54) is 10.4 Å². The third kappa shape index (κ3) is 5.13. The van der Waals surface area contributed by atoms with Crippen LogP contribution in [0.4, 0.5) is 4.39 Å². The number of nitrogens with one attached hydrogen (secondary N) is 1. The molecule has 9 heteroatoms. The van der Waals surface area contributed by atoms with E-state index in [0.29, 0.717) is 13.1 Å². The lowest BCUT2D eigenvalue weighted by Gasteiger charge is -2.33. The molecule has 6 nitrogen and oxygen atoms in total. The van der Waals surface area contributed by atoms with Crippen LogP contribution in [0.25, 0.3) is 0 Å². The molecule has 1 atom stereocenters. The molecule has 0 saturated carbocycles. The van der Waals surface area contributed by atoms with Crippen molar-refractivity contribution in [2.24, 2.45) is 0 Å². The van der Waals surface area contributed by atoms with E-state index in [-0.39, 0.29) is 41.5 Å². The zero-order valence-electron chi connectivity index (χ0n) is 14.3. The number of carbonyl (C=O) groups is 1. The molecule has 25 heavy (non-hydrogen) atoms. The van der Waals surface area contributed by atoms with Crippen LogP contribution in [0.3, 0.4) is 0 Å². The number of benzene rings is 1. The van der Waals surface area contributed by atoms with Gasteiger partial charge in [-0.05, 0) is 31.5 Å². The maximum atomic E-state index is 13.2. The first-order chi connectivity index (χ1) is 11.7. The SMILES string of the molecule is CCC(C)NC(=O)CN1CCN(S(=O)(=O)c2ccc(F)c(Cl)c2)CC1. The van der Waals surface area contributed by atoms with Gasteiger partial charge in [-0.2, -0.15) is 4.31 Å². The smallest absolute Gasteiger partial charge is 0.243 e. The summed E-state index contributed by atoms with van der Waals surface area (Å²) in [4.78, 5) is 13.8. The number of amides is 1. The number of hydrogen-bond donors (Lipinski definition) is 1. The summed E-state index contributed by atoms with van der Waals surface area (Å²) in [6.45, 7) is 5.65. The molecule has 0 aliphatic carbocycles.